The van der Waals surface area contributed by atoms with Crippen LogP contribution in [0.4, 0.5) is 0 Å². The molecule has 0 heterocycles. The van der Waals surface area contributed by atoms with E-state index in [0.717, 1.165) is 110 Å². The van der Waals surface area contributed by atoms with Gasteiger partial charge in [-0.1, -0.05) is 330 Å². The zero-order chi connectivity index (χ0) is 76.1. The van der Waals surface area contributed by atoms with Crippen LogP contribution in [-0.2, 0) is 73.4 Å². The quantitative estimate of drug-likeness (QED) is 0.0813. The summed E-state index contributed by atoms with van der Waals surface area (Å²) in [5, 5.41) is 64.0. The van der Waals surface area contributed by atoms with E-state index in [1.165, 1.54) is 22.3 Å². The zero-order valence-electron chi connectivity index (χ0n) is 69.4. The van der Waals surface area contributed by atoms with E-state index in [9.17, 15) is 30.6 Å². The smallest absolute Gasteiger partial charge is 0.123 e. The Kier molecular flexibility index (Phi) is 28.6. The Morgan fingerprint density at radius 3 is 0.649 bits per heavy atom. The van der Waals surface area contributed by atoms with Gasteiger partial charge in [-0.3, -0.25) is 0 Å². The predicted molar refractivity (Wildman–Crippen MR) is 424 cm³/mol. The second-order valence-corrected chi connectivity index (χ2v) is 38.9. The molecule has 97 heavy (non-hydrogen) atoms. The maximum absolute atomic E-state index is 10.9. The first-order valence-electron chi connectivity index (χ1n) is 36.4. The van der Waals surface area contributed by atoms with Gasteiger partial charge >= 0.3 is 0 Å². The summed E-state index contributed by atoms with van der Waals surface area (Å²) in [6.45, 7) is 81.9. The van der Waals surface area contributed by atoms with Crippen molar-refractivity contribution >= 4 is 0 Å². The van der Waals surface area contributed by atoms with Crippen LogP contribution in [-0.4, -0.2) is 30.6 Å². The van der Waals surface area contributed by atoms with E-state index in [1.54, 1.807) is 0 Å². The summed E-state index contributed by atoms with van der Waals surface area (Å²) < 4.78 is 0. The Balaban J connectivity index is 0.000000417. The number of rotatable bonds is 10. The minimum absolute atomic E-state index is 0.0178. The molecular formula is C91H144O6. The van der Waals surface area contributed by atoms with Crippen LogP contribution in [0.5, 0.6) is 34.5 Å². The number of aryl methyl sites for hydroxylation is 6. The van der Waals surface area contributed by atoms with Crippen molar-refractivity contribution < 1.29 is 30.6 Å². The Morgan fingerprint density at radius 2 is 0.423 bits per heavy atom. The van der Waals surface area contributed by atoms with Gasteiger partial charge in [0.1, 0.15) is 34.5 Å². The topological polar surface area (TPSA) is 121 Å². The van der Waals surface area contributed by atoms with Crippen molar-refractivity contribution in [1.82, 2.24) is 0 Å². The standard InChI is InChI=1S/C23H32O2.C20H34O.C17H28O.C16H26O.C15H24O/c1-14-9-16(20(24)18(11-14)22(3,4)5)13-17-10-15(2)12-19(21(17)25)23(6,7)8;1-10-14-11-15(19(5,6)7)17(21)16(12-14)20(8,9)13-18(2,3)4;1-8-16(4,5)13-10-12(3)11-14(15(13)18)17(6,7)9-2;1-8-11-9-12(15(2,3)4)14(17)13(10-11)16(5,6)7;1-10-8-11(14(2,3)4)13(16)12(9-10)15(5,6)7/h9-12,24-25H,13H2,1-8H3;11-12,21H,10,13H2,1-9H3;10-11,18H,8-9H2,1-7H3;9-10,17H,8H2,1-7H3;8-9,16H,1-7H3. The lowest BCUT2D eigenvalue weighted by Gasteiger charge is -2.35. The number of hydrogen-bond acceptors (Lipinski definition) is 6. The third kappa shape index (κ3) is 24.2. The first-order valence-corrected chi connectivity index (χ1v) is 36.4. The molecule has 0 aliphatic rings. The second kappa shape index (κ2) is 31.8. The fraction of sp³-hybridized carbons (Fsp3) is 0.604. The van der Waals surface area contributed by atoms with E-state index in [2.05, 4.69) is 324 Å². The van der Waals surface area contributed by atoms with Crippen molar-refractivity contribution in [3.05, 3.63) is 173 Å². The lowest BCUT2D eigenvalue weighted by atomic mass is 9.70. The number of benzene rings is 6. The molecule has 0 radical (unpaired) electrons. The maximum Gasteiger partial charge on any atom is 0.123 e. The molecule has 0 aromatic heterocycles. The monoisotopic (exact) mass is 1330 g/mol. The molecule has 0 atom stereocenters. The van der Waals surface area contributed by atoms with Gasteiger partial charge in [-0.15, -0.1) is 0 Å². The summed E-state index contributed by atoms with van der Waals surface area (Å²) >= 11 is 0. The van der Waals surface area contributed by atoms with Crippen LogP contribution in [0.1, 0.15) is 355 Å². The lowest BCUT2D eigenvalue weighted by Crippen LogP contribution is -2.26. The van der Waals surface area contributed by atoms with Gasteiger partial charge in [-0.2, -0.15) is 0 Å². The number of phenols is 6. The molecule has 6 N–H and O–H groups in total. The molecule has 0 saturated heterocycles. The lowest BCUT2D eigenvalue weighted by molar-refractivity contribution is 0.277. The summed E-state index contributed by atoms with van der Waals surface area (Å²) in [6.07, 6.45) is 5.62. The molecule has 0 aliphatic carbocycles. The second-order valence-electron chi connectivity index (χ2n) is 38.9. The summed E-state index contributed by atoms with van der Waals surface area (Å²) in [7, 11) is 0. The molecule has 0 aliphatic heterocycles. The van der Waals surface area contributed by atoms with Gasteiger partial charge in [-0.05, 0) is 181 Å². The highest BCUT2D eigenvalue weighted by molar-refractivity contribution is 5.56. The third-order valence-corrected chi connectivity index (χ3v) is 19.3. The fourth-order valence-corrected chi connectivity index (χ4v) is 12.9. The Bertz CT molecular complexity index is 3420. The largest absolute Gasteiger partial charge is 0.507 e. The van der Waals surface area contributed by atoms with Crippen LogP contribution in [0.2, 0.25) is 0 Å². The fourth-order valence-electron chi connectivity index (χ4n) is 12.9. The first kappa shape index (κ1) is 87.2. The molecule has 6 aromatic rings. The molecular weight excluding hydrogens is 1190 g/mol. The summed E-state index contributed by atoms with van der Waals surface area (Å²) in [5.74, 6) is 2.62. The van der Waals surface area contributed by atoms with Gasteiger partial charge in [-0.25, -0.2) is 0 Å². The summed E-state index contributed by atoms with van der Waals surface area (Å²) in [5.41, 5.74) is 19.4. The molecule has 0 amide bonds. The minimum atomic E-state index is -0.129. The average molecular weight is 1330 g/mol. The molecule has 6 aromatic carbocycles. The Hall–Kier alpha value is -5.88. The molecule has 6 heteroatoms. The number of hydrogen-bond donors (Lipinski definition) is 6. The van der Waals surface area contributed by atoms with Crippen molar-refractivity contribution in [3.63, 3.8) is 0 Å². The van der Waals surface area contributed by atoms with E-state index in [-0.39, 0.29) is 59.6 Å². The minimum Gasteiger partial charge on any atom is -0.507 e. The Morgan fingerprint density at radius 1 is 0.237 bits per heavy atom. The van der Waals surface area contributed by atoms with Crippen LogP contribution in [0, 0.1) is 33.1 Å². The van der Waals surface area contributed by atoms with Crippen LogP contribution >= 0.6 is 0 Å². The van der Waals surface area contributed by atoms with Gasteiger partial charge in [0.15, 0.2) is 0 Å². The van der Waals surface area contributed by atoms with Crippen LogP contribution < -0.4 is 0 Å². The van der Waals surface area contributed by atoms with Crippen molar-refractivity contribution in [2.24, 2.45) is 5.41 Å². The van der Waals surface area contributed by atoms with Crippen molar-refractivity contribution in [3.8, 4) is 34.5 Å². The molecule has 0 bridgehead atoms. The average Bonchev–Trinajstić information content (AvgIpc) is 0.805. The van der Waals surface area contributed by atoms with Crippen molar-refractivity contribution in [2.75, 3.05) is 0 Å². The van der Waals surface area contributed by atoms with Gasteiger partial charge in [0.25, 0.3) is 0 Å². The van der Waals surface area contributed by atoms with Gasteiger partial charge < -0.3 is 30.6 Å². The Labute approximate surface area is 596 Å². The van der Waals surface area contributed by atoms with Gasteiger partial charge in [0.05, 0.1) is 0 Å². The molecule has 6 nitrogen and oxygen atoms in total. The summed E-state index contributed by atoms with van der Waals surface area (Å²) in [4.78, 5) is 0. The molecule has 544 valence electrons. The van der Waals surface area contributed by atoms with E-state index in [4.69, 9.17) is 0 Å². The SMILES string of the molecule is CCC(C)(C)c1cc(C)cc(C(C)(C)CC)c1O.CCc1cc(C(C)(C)C)c(O)c(C(C)(C)C)c1.CCc1cc(C(C)(C)C)c(O)c(C(C)(C)CC(C)(C)C)c1.Cc1cc(C(C)(C)C)c(O)c(C(C)(C)C)c1.Cc1cc(Cc2cc(C)cc(C(C)(C)C)c2O)c(O)c(C(C)(C)C)c1. The predicted octanol–water partition coefficient (Wildman–Crippen LogP) is 25.8. The van der Waals surface area contributed by atoms with E-state index < -0.39 is 0 Å². The van der Waals surface area contributed by atoms with Crippen molar-refractivity contribution in [1.29, 1.82) is 0 Å². The highest BCUT2D eigenvalue weighted by atomic mass is 16.3. The third-order valence-electron chi connectivity index (χ3n) is 19.3. The normalized spacial score (nSPS) is 12.9. The molecule has 0 unspecified atom stereocenters. The van der Waals surface area contributed by atoms with E-state index in [0.29, 0.717) is 40.9 Å². The zero-order valence-corrected chi connectivity index (χ0v) is 69.4. The first-order chi connectivity index (χ1) is 43.3. The van der Waals surface area contributed by atoms with Crippen LogP contribution in [0.3, 0.4) is 0 Å². The molecule has 0 spiro atoms. The molecule has 0 fully saturated rings. The van der Waals surface area contributed by atoms with E-state index >= 15 is 0 Å². The van der Waals surface area contributed by atoms with E-state index in [1.807, 2.05) is 12.1 Å². The van der Waals surface area contributed by atoms with Gasteiger partial charge in [0, 0.05) is 23.1 Å². The van der Waals surface area contributed by atoms with Gasteiger partial charge in [0.2, 0.25) is 0 Å². The molecule has 0 saturated carbocycles. The van der Waals surface area contributed by atoms with Crippen LogP contribution in [0.25, 0.3) is 0 Å². The van der Waals surface area contributed by atoms with Crippen molar-refractivity contribution in [2.45, 2.75) is 356 Å². The highest BCUT2D eigenvalue weighted by Gasteiger charge is 2.35. The maximum atomic E-state index is 10.9. The summed E-state index contributed by atoms with van der Waals surface area (Å²) in [6, 6.07) is 25.2. The van der Waals surface area contributed by atoms with Crippen LogP contribution in [0.15, 0.2) is 72.8 Å². The molecule has 6 rings (SSSR count). The number of aromatic hydroxyl groups is 6. The number of phenolic OH excluding ortho intramolecular Hbond substituents is 6. The highest BCUT2D eigenvalue weighted by Crippen LogP contribution is 2.47.